The van der Waals surface area contributed by atoms with Crippen molar-refractivity contribution in [3.05, 3.63) is 23.3 Å². The smallest absolute Gasteiger partial charge is 0.0646 e. The maximum Gasteiger partial charge on any atom is 0.0646 e. The van der Waals surface area contributed by atoms with Crippen LogP contribution >= 0.6 is 0 Å². The minimum atomic E-state index is 0.831. The fraction of sp³-hybridized carbons (Fsp3) is 0.250. The summed E-state index contributed by atoms with van der Waals surface area (Å²) < 4.78 is 0. The number of nitrogens with zero attached hydrogens (tertiary/aromatic N) is 2. The number of allylic oxidation sites excluding steroid dienone is 1. The third kappa shape index (κ3) is 0.817. The molecule has 2 heteroatoms. The van der Waals surface area contributed by atoms with E-state index < -0.39 is 0 Å². The van der Waals surface area contributed by atoms with E-state index in [4.69, 9.17) is 0 Å². The first-order valence-electron chi connectivity index (χ1n) is 3.36. The summed E-state index contributed by atoms with van der Waals surface area (Å²) in [6, 6.07) is 0. The summed E-state index contributed by atoms with van der Waals surface area (Å²) in [4.78, 5) is 8.18. The van der Waals surface area contributed by atoms with Gasteiger partial charge in [-0.2, -0.15) is 0 Å². The largest absolute Gasteiger partial charge is 0.288 e. The highest BCUT2D eigenvalue weighted by molar-refractivity contribution is 5.91. The van der Waals surface area contributed by atoms with Crippen LogP contribution < -0.4 is 0 Å². The van der Waals surface area contributed by atoms with Gasteiger partial charge < -0.3 is 0 Å². The van der Waals surface area contributed by atoms with Crippen LogP contribution in [0.1, 0.15) is 0 Å². The fourth-order valence-electron chi connectivity index (χ4n) is 1.10. The number of aliphatic imine (C=N–C) groups is 2. The zero-order chi connectivity index (χ0) is 6.81. The molecule has 2 rings (SSSR count). The molecule has 0 aromatic carbocycles. The van der Waals surface area contributed by atoms with E-state index in [1.807, 2.05) is 18.5 Å². The van der Waals surface area contributed by atoms with Crippen LogP contribution in [-0.2, 0) is 0 Å². The van der Waals surface area contributed by atoms with Crippen LogP contribution in [0, 0.1) is 0 Å². The van der Waals surface area contributed by atoms with Gasteiger partial charge in [0.15, 0.2) is 0 Å². The van der Waals surface area contributed by atoms with Gasteiger partial charge in [0, 0.05) is 12.4 Å². The lowest BCUT2D eigenvalue weighted by Crippen LogP contribution is -1.88. The minimum Gasteiger partial charge on any atom is -0.288 e. The minimum absolute atomic E-state index is 0.831. The molecule has 0 fully saturated rings. The Balaban J connectivity index is 2.20. The summed E-state index contributed by atoms with van der Waals surface area (Å²) >= 11 is 0. The molecule has 0 saturated carbocycles. The Hall–Kier alpha value is -1.18. The fourth-order valence-corrected chi connectivity index (χ4v) is 1.10. The lowest BCUT2D eigenvalue weighted by molar-refractivity contribution is 1.21. The highest BCUT2D eigenvalue weighted by Crippen LogP contribution is 2.13. The number of hydrogen-bond acceptors (Lipinski definition) is 2. The first-order valence-corrected chi connectivity index (χ1v) is 3.36. The molecule has 0 aliphatic carbocycles. The van der Waals surface area contributed by atoms with Crippen molar-refractivity contribution in [3.8, 4) is 0 Å². The summed E-state index contributed by atoms with van der Waals surface area (Å²) in [6.07, 6.45) is 7.94. The van der Waals surface area contributed by atoms with Crippen LogP contribution in [0.3, 0.4) is 0 Å². The van der Waals surface area contributed by atoms with E-state index in [9.17, 15) is 0 Å². The first kappa shape index (κ1) is 5.59. The lowest BCUT2D eigenvalue weighted by atomic mass is 10.1. The van der Waals surface area contributed by atoms with Crippen molar-refractivity contribution in [2.75, 3.05) is 13.1 Å². The van der Waals surface area contributed by atoms with Crippen LogP contribution in [0.15, 0.2) is 33.3 Å². The van der Waals surface area contributed by atoms with Crippen LogP contribution in [-0.4, -0.2) is 25.5 Å². The van der Waals surface area contributed by atoms with Gasteiger partial charge in [-0.15, -0.1) is 0 Å². The van der Waals surface area contributed by atoms with Crippen LogP contribution in [0.2, 0.25) is 0 Å². The Morgan fingerprint density at radius 2 is 2.30 bits per heavy atom. The second kappa shape index (κ2) is 2.21. The first-order chi connectivity index (χ1) is 4.97. The molecule has 0 aromatic rings. The molecule has 0 amide bonds. The second-order valence-electron chi connectivity index (χ2n) is 2.34. The van der Waals surface area contributed by atoms with Crippen molar-refractivity contribution in [2.45, 2.75) is 0 Å². The standard InChI is InChI=1S/C8H8N2/c1-3-9-5-7(1)8-2-4-10-6-8/h1-3,6H,4-5H2. The van der Waals surface area contributed by atoms with E-state index in [1.165, 1.54) is 11.1 Å². The second-order valence-corrected chi connectivity index (χ2v) is 2.34. The van der Waals surface area contributed by atoms with Gasteiger partial charge in [-0.3, -0.25) is 9.98 Å². The molecule has 0 N–H and O–H groups in total. The Bertz CT molecular complexity index is 256. The molecule has 0 radical (unpaired) electrons. The van der Waals surface area contributed by atoms with Crippen LogP contribution in [0.25, 0.3) is 0 Å². The van der Waals surface area contributed by atoms with Gasteiger partial charge in [-0.05, 0) is 17.2 Å². The topological polar surface area (TPSA) is 24.7 Å². The molecule has 50 valence electrons. The van der Waals surface area contributed by atoms with Crippen molar-refractivity contribution in [1.82, 2.24) is 0 Å². The molecule has 2 nitrogen and oxygen atoms in total. The Morgan fingerprint density at radius 3 is 2.90 bits per heavy atom. The molecule has 0 spiro atoms. The average Bonchev–Trinajstić information content (AvgIpc) is 2.59. The van der Waals surface area contributed by atoms with E-state index in [1.54, 1.807) is 0 Å². The van der Waals surface area contributed by atoms with Crippen LogP contribution in [0.5, 0.6) is 0 Å². The Morgan fingerprint density at radius 1 is 1.30 bits per heavy atom. The van der Waals surface area contributed by atoms with Crippen molar-refractivity contribution in [3.63, 3.8) is 0 Å². The zero-order valence-corrected chi connectivity index (χ0v) is 5.62. The Kier molecular flexibility index (Phi) is 1.24. The van der Waals surface area contributed by atoms with Gasteiger partial charge in [-0.25, -0.2) is 0 Å². The molecule has 10 heavy (non-hydrogen) atoms. The van der Waals surface area contributed by atoms with E-state index in [-0.39, 0.29) is 0 Å². The van der Waals surface area contributed by atoms with Gasteiger partial charge in [0.1, 0.15) is 0 Å². The van der Waals surface area contributed by atoms with Crippen molar-refractivity contribution in [1.29, 1.82) is 0 Å². The molecule has 0 aromatic heterocycles. The summed E-state index contributed by atoms with van der Waals surface area (Å²) in [7, 11) is 0. The van der Waals surface area contributed by atoms with Gasteiger partial charge >= 0.3 is 0 Å². The molecule has 0 atom stereocenters. The summed E-state index contributed by atoms with van der Waals surface area (Å²) in [6.45, 7) is 1.67. The number of rotatable bonds is 1. The number of hydrogen-bond donors (Lipinski definition) is 0. The Labute approximate surface area is 59.7 Å². The molecule has 2 aliphatic heterocycles. The van der Waals surface area contributed by atoms with E-state index >= 15 is 0 Å². The highest BCUT2D eigenvalue weighted by atomic mass is 14.7. The normalized spacial score (nSPS) is 21.6. The van der Waals surface area contributed by atoms with Crippen LogP contribution in [0.4, 0.5) is 0 Å². The average molecular weight is 132 g/mol. The van der Waals surface area contributed by atoms with E-state index in [2.05, 4.69) is 16.1 Å². The summed E-state index contributed by atoms with van der Waals surface area (Å²) in [5.74, 6) is 0. The van der Waals surface area contributed by atoms with Crippen molar-refractivity contribution < 1.29 is 0 Å². The predicted molar refractivity (Wildman–Crippen MR) is 42.9 cm³/mol. The maximum atomic E-state index is 4.10. The van der Waals surface area contributed by atoms with Gasteiger partial charge in [0.25, 0.3) is 0 Å². The van der Waals surface area contributed by atoms with Gasteiger partial charge in [0.2, 0.25) is 0 Å². The van der Waals surface area contributed by atoms with E-state index in [0.29, 0.717) is 0 Å². The van der Waals surface area contributed by atoms with Gasteiger partial charge in [-0.1, -0.05) is 6.08 Å². The summed E-state index contributed by atoms with van der Waals surface area (Å²) in [5, 5.41) is 0. The van der Waals surface area contributed by atoms with Crippen molar-refractivity contribution in [2.24, 2.45) is 9.98 Å². The van der Waals surface area contributed by atoms with E-state index in [0.717, 1.165) is 13.1 Å². The monoisotopic (exact) mass is 132 g/mol. The lowest BCUT2D eigenvalue weighted by Gasteiger charge is -1.94. The third-order valence-corrected chi connectivity index (χ3v) is 1.66. The molecule has 2 aliphatic rings. The van der Waals surface area contributed by atoms with Gasteiger partial charge in [0.05, 0.1) is 13.1 Å². The summed E-state index contributed by atoms with van der Waals surface area (Å²) in [5.41, 5.74) is 2.54. The molecular weight excluding hydrogens is 124 g/mol. The predicted octanol–water partition coefficient (Wildman–Crippen LogP) is 1.01. The maximum absolute atomic E-state index is 4.10. The zero-order valence-electron chi connectivity index (χ0n) is 5.62. The highest BCUT2D eigenvalue weighted by Gasteiger charge is 2.06. The molecule has 0 bridgehead atoms. The SMILES string of the molecule is C1=NCC=C1C1=CC=NC1. The van der Waals surface area contributed by atoms with Crippen molar-refractivity contribution >= 4 is 12.4 Å². The quantitative estimate of drug-likeness (QED) is 0.508. The molecular formula is C8H8N2. The third-order valence-electron chi connectivity index (χ3n) is 1.66. The molecule has 0 unspecified atom stereocenters. The molecule has 2 heterocycles. The molecule has 0 saturated heterocycles.